The summed E-state index contributed by atoms with van der Waals surface area (Å²) in [6.45, 7) is 1.51. The highest BCUT2D eigenvalue weighted by Gasteiger charge is 2.23. The number of carbonyl (C=O) groups is 1. The lowest BCUT2D eigenvalue weighted by molar-refractivity contribution is -0.120. The van der Waals surface area contributed by atoms with Crippen LogP contribution in [-0.2, 0) is 17.8 Å². The number of rotatable bonds is 2. The molecule has 0 aromatic heterocycles. The molecular formula is C16H21FN2O. The molecular weight excluding hydrogens is 255 g/mol. The molecule has 0 spiro atoms. The zero-order valence-corrected chi connectivity index (χ0v) is 11.7. The molecule has 1 aromatic carbocycles. The fourth-order valence-corrected chi connectivity index (χ4v) is 3.23. The maximum absolute atomic E-state index is 14.4. The molecule has 0 bridgehead atoms. The molecule has 1 aliphatic heterocycles. The fourth-order valence-electron chi connectivity index (χ4n) is 3.23. The molecule has 4 heteroatoms. The number of nitrogens with one attached hydrogen (secondary N) is 2. The number of fused-ring (bicyclic) bond motifs is 1. The SMILES string of the molecule is O=C(Nc1ccc2c(c1F)CCNC2)C1CCCCC1. The number of carbonyl (C=O) groups excluding carboxylic acids is 1. The summed E-state index contributed by atoms with van der Waals surface area (Å²) in [7, 11) is 0. The summed E-state index contributed by atoms with van der Waals surface area (Å²) in [4.78, 5) is 12.2. The third kappa shape index (κ3) is 2.70. The summed E-state index contributed by atoms with van der Waals surface area (Å²) < 4.78 is 14.4. The van der Waals surface area contributed by atoms with Crippen LogP contribution in [0.1, 0.15) is 43.2 Å². The van der Waals surface area contributed by atoms with Gasteiger partial charge in [-0.25, -0.2) is 4.39 Å². The van der Waals surface area contributed by atoms with E-state index < -0.39 is 0 Å². The highest BCUT2D eigenvalue weighted by molar-refractivity contribution is 5.92. The minimum Gasteiger partial charge on any atom is -0.323 e. The van der Waals surface area contributed by atoms with Crippen LogP contribution in [0.3, 0.4) is 0 Å². The van der Waals surface area contributed by atoms with E-state index in [-0.39, 0.29) is 17.6 Å². The molecule has 2 N–H and O–H groups in total. The second-order valence-electron chi connectivity index (χ2n) is 5.82. The standard InChI is InChI=1S/C16H21FN2O/c17-15-13-8-9-18-10-12(13)6-7-14(15)19-16(20)11-4-2-1-3-5-11/h6-7,11,18H,1-5,8-10H2,(H,19,20). The molecule has 2 aliphatic rings. The maximum Gasteiger partial charge on any atom is 0.227 e. The van der Waals surface area contributed by atoms with Crippen molar-refractivity contribution in [2.45, 2.75) is 45.1 Å². The quantitative estimate of drug-likeness (QED) is 0.872. The first-order valence-corrected chi connectivity index (χ1v) is 7.57. The number of hydrogen-bond acceptors (Lipinski definition) is 2. The van der Waals surface area contributed by atoms with E-state index in [1.165, 1.54) is 6.42 Å². The van der Waals surface area contributed by atoms with Crippen LogP contribution in [0.5, 0.6) is 0 Å². The average Bonchev–Trinajstić information content (AvgIpc) is 2.51. The summed E-state index contributed by atoms with van der Waals surface area (Å²) in [6, 6.07) is 3.61. The molecule has 1 aromatic rings. The number of hydrogen-bond donors (Lipinski definition) is 2. The van der Waals surface area contributed by atoms with Gasteiger partial charge in [0.1, 0.15) is 5.82 Å². The molecule has 0 atom stereocenters. The highest BCUT2D eigenvalue weighted by atomic mass is 19.1. The van der Waals surface area contributed by atoms with Gasteiger partial charge in [0.15, 0.2) is 0 Å². The Morgan fingerprint density at radius 1 is 1.25 bits per heavy atom. The van der Waals surface area contributed by atoms with Crippen molar-refractivity contribution < 1.29 is 9.18 Å². The average molecular weight is 276 g/mol. The van der Waals surface area contributed by atoms with Crippen LogP contribution in [0, 0.1) is 11.7 Å². The monoisotopic (exact) mass is 276 g/mol. The van der Waals surface area contributed by atoms with Gasteiger partial charge in [0.25, 0.3) is 0 Å². The van der Waals surface area contributed by atoms with Gasteiger partial charge in [-0.15, -0.1) is 0 Å². The molecule has 1 aliphatic carbocycles. The van der Waals surface area contributed by atoms with E-state index in [2.05, 4.69) is 10.6 Å². The summed E-state index contributed by atoms with van der Waals surface area (Å²) in [5.41, 5.74) is 2.11. The van der Waals surface area contributed by atoms with Crippen LogP contribution >= 0.6 is 0 Å². The number of benzene rings is 1. The lowest BCUT2D eigenvalue weighted by atomic mass is 9.88. The van der Waals surface area contributed by atoms with E-state index in [9.17, 15) is 9.18 Å². The van der Waals surface area contributed by atoms with Gasteiger partial charge in [0.2, 0.25) is 5.91 Å². The third-order valence-corrected chi connectivity index (χ3v) is 4.44. The Hall–Kier alpha value is -1.42. The lowest BCUT2D eigenvalue weighted by Crippen LogP contribution is -2.27. The second kappa shape index (κ2) is 5.92. The first-order valence-electron chi connectivity index (χ1n) is 7.57. The predicted molar refractivity (Wildman–Crippen MR) is 77.0 cm³/mol. The van der Waals surface area contributed by atoms with Crippen molar-refractivity contribution in [1.82, 2.24) is 5.32 Å². The Morgan fingerprint density at radius 3 is 2.85 bits per heavy atom. The van der Waals surface area contributed by atoms with Crippen molar-refractivity contribution in [3.63, 3.8) is 0 Å². The predicted octanol–water partition coefficient (Wildman–Crippen LogP) is 2.99. The maximum atomic E-state index is 14.4. The van der Waals surface area contributed by atoms with Gasteiger partial charge >= 0.3 is 0 Å². The minimum atomic E-state index is -0.242. The Morgan fingerprint density at radius 2 is 2.05 bits per heavy atom. The molecule has 3 nitrogen and oxygen atoms in total. The van der Waals surface area contributed by atoms with Crippen LogP contribution in [0.2, 0.25) is 0 Å². The van der Waals surface area contributed by atoms with Gasteiger partial charge in [-0.2, -0.15) is 0 Å². The Kier molecular flexibility index (Phi) is 4.01. The molecule has 0 radical (unpaired) electrons. The molecule has 3 rings (SSSR count). The Balaban J connectivity index is 1.75. The Bertz CT molecular complexity index is 509. The van der Waals surface area contributed by atoms with Crippen LogP contribution in [0.25, 0.3) is 0 Å². The summed E-state index contributed by atoms with van der Waals surface area (Å²) >= 11 is 0. The zero-order chi connectivity index (χ0) is 13.9. The first-order chi connectivity index (χ1) is 9.75. The van der Waals surface area contributed by atoms with Crippen LogP contribution in [-0.4, -0.2) is 12.5 Å². The van der Waals surface area contributed by atoms with E-state index in [0.29, 0.717) is 18.7 Å². The van der Waals surface area contributed by atoms with Crippen molar-refractivity contribution in [1.29, 1.82) is 0 Å². The van der Waals surface area contributed by atoms with E-state index in [4.69, 9.17) is 0 Å². The number of anilines is 1. The Labute approximate surface area is 118 Å². The van der Waals surface area contributed by atoms with Gasteiger partial charge in [0, 0.05) is 12.5 Å². The van der Waals surface area contributed by atoms with E-state index in [0.717, 1.165) is 43.4 Å². The highest BCUT2D eigenvalue weighted by Crippen LogP contribution is 2.28. The molecule has 1 heterocycles. The zero-order valence-electron chi connectivity index (χ0n) is 11.7. The van der Waals surface area contributed by atoms with Crippen LogP contribution < -0.4 is 10.6 Å². The molecule has 0 unspecified atom stereocenters. The largest absolute Gasteiger partial charge is 0.323 e. The van der Waals surface area contributed by atoms with Crippen molar-refractivity contribution >= 4 is 11.6 Å². The van der Waals surface area contributed by atoms with Crippen molar-refractivity contribution in [2.24, 2.45) is 5.92 Å². The van der Waals surface area contributed by atoms with Crippen LogP contribution in [0.4, 0.5) is 10.1 Å². The molecule has 108 valence electrons. The van der Waals surface area contributed by atoms with Crippen molar-refractivity contribution in [3.8, 4) is 0 Å². The smallest absolute Gasteiger partial charge is 0.227 e. The lowest BCUT2D eigenvalue weighted by Gasteiger charge is -2.22. The normalized spacial score (nSPS) is 19.4. The molecule has 1 amide bonds. The van der Waals surface area contributed by atoms with Gasteiger partial charge in [-0.3, -0.25) is 4.79 Å². The first kappa shape index (κ1) is 13.6. The minimum absolute atomic E-state index is 0.0162. The van der Waals surface area contributed by atoms with E-state index in [1.54, 1.807) is 6.07 Å². The van der Waals surface area contributed by atoms with E-state index in [1.807, 2.05) is 6.07 Å². The van der Waals surface area contributed by atoms with Gasteiger partial charge in [-0.05, 0) is 43.0 Å². The molecule has 1 saturated carbocycles. The summed E-state index contributed by atoms with van der Waals surface area (Å²) in [5, 5.41) is 6.02. The topological polar surface area (TPSA) is 41.1 Å². The van der Waals surface area contributed by atoms with Crippen molar-refractivity contribution in [2.75, 3.05) is 11.9 Å². The fraction of sp³-hybridized carbons (Fsp3) is 0.562. The molecule has 20 heavy (non-hydrogen) atoms. The molecule has 0 saturated heterocycles. The van der Waals surface area contributed by atoms with Crippen LogP contribution in [0.15, 0.2) is 12.1 Å². The van der Waals surface area contributed by atoms with Gasteiger partial charge in [-0.1, -0.05) is 25.3 Å². The number of halogens is 1. The van der Waals surface area contributed by atoms with E-state index >= 15 is 0 Å². The summed E-state index contributed by atoms with van der Waals surface area (Å²) in [6.07, 6.45) is 5.98. The second-order valence-corrected chi connectivity index (χ2v) is 5.82. The molecule has 1 fully saturated rings. The van der Waals surface area contributed by atoms with Crippen molar-refractivity contribution in [3.05, 3.63) is 29.1 Å². The summed E-state index contributed by atoms with van der Waals surface area (Å²) in [5.74, 6) is -0.202. The number of amides is 1. The van der Waals surface area contributed by atoms with Gasteiger partial charge < -0.3 is 10.6 Å². The third-order valence-electron chi connectivity index (χ3n) is 4.44. The van der Waals surface area contributed by atoms with Gasteiger partial charge in [0.05, 0.1) is 5.69 Å².